The third-order valence-electron chi connectivity index (χ3n) is 5.36. The normalized spacial score (nSPS) is 13.1. The molecule has 2 amide bonds. The number of likely N-dealkylation sites (N-methyl/N-ethyl adjacent to an activating group) is 1. The molecule has 1 saturated carbocycles. The van der Waals surface area contributed by atoms with Crippen molar-refractivity contribution < 1.29 is 14.7 Å². The quantitative estimate of drug-likeness (QED) is 0.541. The van der Waals surface area contributed by atoms with Gasteiger partial charge in [-0.05, 0) is 60.7 Å². The second-order valence-electron chi connectivity index (χ2n) is 7.88. The summed E-state index contributed by atoms with van der Waals surface area (Å²) in [5, 5.41) is 15.9. The topological polar surface area (TPSA) is 107 Å². The van der Waals surface area contributed by atoms with Gasteiger partial charge in [-0.2, -0.15) is 0 Å². The SMILES string of the molecule is Cc1ccc(C(=O)NC2CC2)cc1-c1ccc2nc(NCCN(C)C(=O)O)ncc2c1. The first kappa shape index (κ1) is 20.6. The van der Waals surface area contributed by atoms with E-state index in [2.05, 4.69) is 20.6 Å². The molecule has 8 nitrogen and oxygen atoms in total. The molecular weight excluding hydrogens is 394 g/mol. The number of carboxylic acid groups (broad SMARTS) is 1. The molecule has 31 heavy (non-hydrogen) atoms. The van der Waals surface area contributed by atoms with E-state index in [1.165, 1.54) is 11.9 Å². The van der Waals surface area contributed by atoms with Crippen molar-refractivity contribution in [3.05, 3.63) is 53.7 Å². The zero-order chi connectivity index (χ0) is 22.0. The number of nitrogens with one attached hydrogen (secondary N) is 2. The first-order valence-electron chi connectivity index (χ1n) is 10.3. The summed E-state index contributed by atoms with van der Waals surface area (Å²) >= 11 is 0. The third kappa shape index (κ3) is 4.91. The van der Waals surface area contributed by atoms with E-state index in [1.807, 2.05) is 43.3 Å². The van der Waals surface area contributed by atoms with Gasteiger partial charge in [0.1, 0.15) is 0 Å². The Morgan fingerprint density at radius 1 is 1.19 bits per heavy atom. The second-order valence-corrected chi connectivity index (χ2v) is 7.88. The highest BCUT2D eigenvalue weighted by molar-refractivity contribution is 5.96. The molecule has 0 spiro atoms. The molecule has 0 aliphatic heterocycles. The van der Waals surface area contributed by atoms with E-state index in [4.69, 9.17) is 5.11 Å². The highest BCUT2D eigenvalue weighted by Crippen LogP contribution is 2.28. The van der Waals surface area contributed by atoms with Crippen LogP contribution in [-0.2, 0) is 0 Å². The minimum absolute atomic E-state index is 0.0304. The van der Waals surface area contributed by atoms with Crippen LogP contribution in [0.4, 0.5) is 10.7 Å². The lowest BCUT2D eigenvalue weighted by Gasteiger charge is -2.13. The van der Waals surface area contributed by atoms with E-state index in [0.29, 0.717) is 30.6 Å². The van der Waals surface area contributed by atoms with Crippen molar-refractivity contribution in [2.45, 2.75) is 25.8 Å². The number of aromatic nitrogens is 2. The number of amides is 2. The molecular formula is C23H25N5O3. The Hall–Kier alpha value is -3.68. The molecule has 4 rings (SSSR count). The number of hydrogen-bond donors (Lipinski definition) is 3. The molecule has 1 heterocycles. The average Bonchev–Trinajstić information content (AvgIpc) is 3.57. The van der Waals surface area contributed by atoms with Gasteiger partial charge in [0.05, 0.1) is 5.52 Å². The van der Waals surface area contributed by atoms with Gasteiger partial charge >= 0.3 is 6.09 Å². The molecule has 3 aromatic rings. The van der Waals surface area contributed by atoms with Gasteiger partial charge in [0.2, 0.25) is 5.95 Å². The molecule has 0 unspecified atom stereocenters. The highest BCUT2D eigenvalue weighted by atomic mass is 16.4. The summed E-state index contributed by atoms with van der Waals surface area (Å²) in [7, 11) is 1.51. The number of rotatable bonds is 7. The lowest BCUT2D eigenvalue weighted by molar-refractivity contribution is 0.0951. The van der Waals surface area contributed by atoms with E-state index in [9.17, 15) is 9.59 Å². The van der Waals surface area contributed by atoms with Crippen LogP contribution in [0.15, 0.2) is 42.6 Å². The average molecular weight is 419 g/mol. The maximum Gasteiger partial charge on any atom is 0.407 e. The van der Waals surface area contributed by atoms with Crippen molar-refractivity contribution in [1.29, 1.82) is 0 Å². The number of anilines is 1. The molecule has 1 aliphatic rings. The van der Waals surface area contributed by atoms with Crippen LogP contribution in [0.5, 0.6) is 0 Å². The first-order valence-corrected chi connectivity index (χ1v) is 10.3. The molecule has 1 aliphatic carbocycles. The van der Waals surface area contributed by atoms with Crippen LogP contribution >= 0.6 is 0 Å². The van der Waals surface area contributed by atoms with Crippen molar-refractivity contribution in [2.75, 3.05) is 25.5 Å². The van der Waals surface area contributed by atoms with E-state index in [-0.39, 0.29) is 5.91 Å². The summed E-state index contributed by atoms with van der Waals surface area (Å²) in [6.07, 6.45) is 2.89. The van der Waals surface area contributed by atoms with Crippen LogP contribution in [-0.4, -0.2) is 58.2 Å². The molecule has 0 radical (unpaired) electrons. The smallest absolute Gasteiger partial charge is 0.407 e. The van der Waals surface area contributed by atoms with Crippen molar-refractivity contribution in [1.82, 2.24) is 20.2 Å². The molecule has 1 fully saturated rings. The number of benzene rings is 2. The fourth-order valence-corrected chi connectivity index (χ4v) is 3.29. The highest BCUT2D eigenvalue weighted by Gasteiger charge is 2.24. The Morgan fingerprint density at radius 2 is 2.00 bits per heavy atom. The summed E-state index contributed by atoms with van der Waals surface area (Å²) in [5.74, 6) is 0.422. The monoisotopic (exact) mass is 419 g/mol. The van der Waals surface area contributed by atoms with E-state index in [1.54, 1.807) is 6.20 Å². The number of fused-ring (bicyclic) bond motifs is 1. The number of aryl methyl sites for hydroxylation is 1. The summed E-state index contributed by atoms with van der Waals surface area (Å²) in [4.78, 5) is 33.3. The summed E-state index contributed by atoms with van der Waals surface area (Å²) < 4.78 is 0. The first-order chi connectivity index (χ1) is 14.9. The number of hydrogen-bond acceptors (Lipinski definition) is 5. The maximum atomic E-state index is 12.4. The molecule has 2 aromatic carbocycles. The standard InChI is InChI=1S/C23H25N5O3/c1-14-3-4-16(21(29)26-18-6-7-18)12-19(14)15-5-8-20-17(11-15)13-25-22(27-20)24-9-10-28(2)23(30)31/h3-5,8,11-13,18H,6-7,9-10H2,1-2H3,(H,26,29)(H,30,31)(H,24,25,27). The Balaban J connectivity index is 1.52. The van der Waals surface area contributed by atoms with Crippen molar-refractivity contribution in [2.24, 2.45) is 0 Å². The van der Waals surface area contributed by atoms with Crippen molar-refractivity contribution in [3.63, 3.8) is 0 Å². The minimum atomic E-state index is -0.974. The van der Waals surface area contributed by atoms with Gasteiger partial charge in [0.15, 0.2) is 0 Å². The Kier molecular flexibility index (Phi) is 5.70. The van der Waals surface area contributed by atoms with Crippen molar-refractivity contribution >= 4 is 28.9 Å². The van der Waals surface area contributed by atoms with Gasteiger partial charge in [-0.1, -0.05) is 12.1 Å². The summed E-state index contributed by atoms with van der Waals surface area (Å²) in [6, 6.07) is 12.0. The van der Waals surface area contributed by atoms with Gasteiger partial charge in [-0.25, -0.2) is 14.8 Å². The fourth-order valence-electron chi connectivity index (χ4n) is 3.29. The summed E-state index contributed by atoms with van der Waals surface area (Å²) in [5.41, 5.74) is 4.54. The second kappa shape index (κ2) is 8.59. The van der Waals surface area contributed by atoms with Crippen molar-refractivity contribution in [3.8, 4) is 11.1 Å². The van der Waals surface area contributed by atoms with E-state index < -0.39 is 6.09 Å². The Labute approximate surface area is 180 Å². The zero-order valence-electron chi connectivity index (χ0n) is 17.6. The minimum Gasteiger partial charge on any atom is -0.465 e. The largest absolute Gasteiger partial charge is 0.465 e. The molecule has 3 N–H and O–H groups in total. The molecule has 0 saturated heterocycles. The van der Waals surface area contributed by atoms with Crippen LogP contribution in [0.25, 0.3) is 22.0 Å². The zero-order valence-corrected chi connectivity index (χ0v) is 17.6. The van der Waals surface area contributed by atoms with Gasteiger partial charge in [0.25, 0.3) is 5.91 Å². The number of carbonyl (C=O) groups excluding carboxylic acids is 1. The molecule has 0 atom stereocenters. The molecule has 160 valence electrons. The predicted octanol–water partition coefficient (Wildman–Crippen LogP) is 3.52. The third-order valence-corrected chi connectivity index (χ3v) is 5.36. The summed E-state index contributed by atoms with van der Waals surface area (Å²) in [6.45, 7) is 2.78. The maximum absolute atomic E-state index is 12.4. The van der Waals surface area contributed by atoms with Crippen LogP contribution in [0.2, 0.25) is 0 Å². The molecule has 8 heteroatoms. The number of carbonyl (C=O) groups is 2. The van der Waals surface area contributed by atoms with Gasteiger partial charge < -0.3 is 20.6 Å². The predicted molar refractivity (Wildman–Crippen MR) is 119 cm³/mol. The van der Waals surface area contributed by atoms with Gasteiger partial charge in [0, 0.05) is 43.3 Å². The van der Waals surface area contributed by atoms with E-state index >= 15 is 0 Å². The molecule has 0 bridgehead atoms. The number of nitrogens with zero attached hydrogens (tertiary/aromatic N) is 3. The van der Waals surface area contributed by atoms with Gasteiger partial charge in [-0.15, -0.1) is 0 Å². The van der Waals surface area contributed by atoms with Crippen LogP contribution < -0.4 is 10.6 Å². The van der Waals surface area contributed by atoms with Crippen LogP contribution in [0.3, 0.4) is 0 Å². The Morgan fingerprint density at radius 3 is 2.74 bits per heavy atom. The van der Waals surface area contributed by atoms with Gasteiger partial charge in [-0.3, -0.25) is 4.79 Å². The Bertz CT molecular complexity index is 1140. The van der Waals surface area contributed by atoms with Crippen LogP contribution in [0, 0.1) is 6.92 Å². The van der Waals surface area contributed by atoms with E-state index in [0.717, 1.165) is 40.4 Å². The lowest BCUT2D eigenvalue weighted by atomic mass is 9.97. The molecule has 1 aromatic heterocycles. The van der Waals surface area contributed by atoms with Crippen LogP contribution in [0.1, 0.15) is 28.8 Å². The lowest BCUT2D eigenvalue weighted by Crippen LogP contribution is -2.30. The fraction of sp³-hybridized carbons (Fsp3) is 0.304.